The van der Waals surface area contributed by atoms with E-state index in [9.17, 15) is 4.79 Å². The molecule has 0 unspecified atom stereocenters. The standard InChI is InChI=1S/C7H17N7O/c8-5(3-14-11)1-2-12-6(15)4-13-7(9)10/h3,14H,1-2,4,8,11H2,(H,12,15)(H4,9,10,13)/b5-3-. The first kappa shape index (κ1) is 13.0. The van der Waals surface area contributed by atoms with Crippen molar-refractivity contribution < 1.29 is 4.79 Å². The summed E-state index contributed by atoms with van der Waals surface area (Å²) in [6.07, 6.45) is 1.94. The molecule has 0 saturated heterocycles. The fraction of sp³-hybridized carbons (Fsp3) is 0.429. The normalized spacial score (nSPS) is 10.6. The van der Waals surface area contributed by atoms with Gasteiger partial charge in [-0.3, -0.25) is 10.6 Å². The van der Waals surface area contributed by atoms with Gasteiger partial charge in [0.25, 0.3) is 0 Å². The Hall–Kier alpha value is -1.96. The van der Waals surface area contributed by atoms with Gasteiger partial charge in [0.1, 0.15) is 6.54 Å². The molecule has 0 aromatic rings. The lowest BCUT2D eigenvalue weighted by molar-refractivity contribution is -0.119. The van der Waals surface area contributed by atoms with E-state index in [-0.39, 0.29) is 18.4 Å². The Morgan fingerprint density at radius 1 is 1.33 bits per heavy atom. The summed E-state index contributed by atoms with van der Waals surface area (Å²) in [6.45, 7) is 0.323. The number of nitrogens with one attached hydrogen (secondary N) is 2. The summed E-state index contributed by atoms with van der Waals surface area (Å²) in [5.41, 5.74) is 18.4. The van der Waals surface area contributed by atoms with Gasteiger partial charge in [0, 0.05) is 24.9 Å². The van der Waals surface area contributed by atoms with Crippen LogP contribution >= 0.6 is 0 Å². The highest BCUT2D eigenvalue weighted by atomic mass is 16.1. The van der Waals surface area contributed by atoms with Crippen molar-refractivity contribution in [1.29, 1.82) is 0 Å². The van der Waals surface area contributed by atoms with Crippen molar-refractivity contribution in [3.05, 3.63) is 11.9 Å². The second-order valence-electron chi connectivity index (χ2n) is 2.73. The van der Waals surface area contributed by atoms with E-state index >= 15 is 0 Å². The number of aliphatic imine (C=N–C) groups is 1. The summed E-state index contributed by atoms with van der Waals surface area (Å²) in [5.74, 6) is 4.62. The Morgan fingerprint density at radius 2 is 2.00 bits per heavy atom. The van der Waals surface area contributed by atoms with E-state index in [0.29, 0.717) is 18.7 Å². The van der Waals surface area contributed by atoms with E-state index in [1.807, 2.05) is 0 Å². The van der Waals surface area contributed by atoms with Crippen LogP contribution in [0.25, 0.3) is 0 Å². The van der Waals surface area contributed by atoms with E-state index in [2.05, 4.69) is 15.7 Å². The maximum atomic E-state index is 11.1. The zero-order valence-corrected chi connectivity index (χ0v) is 8.36. The summed E-state index contributed by atoms with van der Waals surface area (Å²) >= 11 is 0. The van der Waals surface area contributed by atoms with Gasteiger partial charge in [-0.05, 0) is 0 Å². The fourth-order valence-electron chi connectivity index (χ4n) is 0.744. The third kappa shape index (κ3) is 8.37. The zero-order chi connectivity index (χ0) is 11.7. The quantitative estimate of drug-likeness (QED) is 0.120. The number of nitrogens with zero attached hydrogens (tertiary/aromatic N) is 1. The van der Waals surface area contributed by atoms with Gasteiger partial charge in [-0.1, -0.05) is 0 Å². The Bertz CT molecular complexity index is 256. The lowest BCUT2D eigenvalue weighted by atomic mass is 10.3. The first-order valence-corrected chi connectivity index (χ1v) is 4.29. The average Bonchev–Trinajstić information content (AvgIpc) is 2.15. The molecule has 0 saturated carbocycles. The first-order valence-electron chi connectivity index (χ1n) is 4.29. The van der Waals surface area contributed by atoms with Crippen molar-refractivity contribution in [3.63, 3.8) is 0 Å². The van der Waals surface area contributed by atoms with Crippen LogP contribution in [0.2, 0.25) is 0 Å². The minimum Gasteiger partial charge on any atom is -0.401 e. The van der Waals surface area contributed by atoms with Gasteiger partial charge in [0.15, 0.2) is 5.96 Å². The molecule has 0 rings (SSSR count). The Kier molecular flexibility index (Phi) is 6.47. The summed E-state index contributed by atoms with van der Waals surface area (Å²) < 4.78 is 0. The molecule has 15 heavy (non-hydrogen) atoms. The zero-order valence-electron chi connectivity index (χ0n) is 8.36. The monoisotopic (exact) mass is 215 g/mol. The van der Waals surface area contributed by atoms with E-state index in [0.717, 1.165) is 0 Å². The number of hydrogen-bond acceptors (Lipinski definition) is 5. The van der Waals surface area contributed by atoms with Gasteiger partial charge in [-0.25, -0.2) is 4.99 Å². The van der Waals surface area contributed by atoms with Crippen LogP contribution in [-0.2, 0) is 4.79 Å². The molecule has 8 nitrogen and oxygen atoms in total. The van der Waals surface area contributed by atoms with Crippen molar-refractivity contribution in [3.8, 4) is 0 Å². The smallest absolute Gasteiger partial charge is 0.241 e. The topological polar surface area (TPSA) is 158 Å². The molecule has 10 N–H and O–H groups in total. The molecule has 0 aliphatic heterocycles. The van der Waals surface area contributed by atoms with Crippen molar-refractivity contribution in [1.82, 2.24) is 10.7 Å². The highest BCUT2D eigenvalue weighted by molar-refractivity contribution is 5.83. The van der Waals surface area contributed by atoms with Crippen LogP contribution in [0.3, 0.4) is 0 Å². The average molecular weight is 215 g/mol. The molecule has 0 atom stereocenters. The van der Waals surface area contributed by atoms with Gasteiger partial charge < -0.3 is 27.9 Å². The van der Waals surface area contributed by atoms with Gasteiger partial charge in [0.2, 0.25) is 5.91 Å². The molecule has 1 amide bonds. The van der Waals surface area contributed by atoms with Gasteiger partial charge in [-0.2, -0.15) is 0 Å². The molecule has 0 aliphatic carbocycles. The lowest BCUT2D eigenvalue weighted by Gasteiger charge is -2.03. The highest BCUT2D eigenvalue weighted by Gasteiger charge is 1.98. The van der Waals surface area contributed by atoms with Gasteiger partial charge >= 0.3 is 0 Å². The van der Waals surface area contributed by atoms with Crippen LogP contribution in [0.4, 0.5) is 0 Å². The number of guanidine groups is 1. The van der Waals surface area contributed by atoms with E-state index in [1.165, 1.54) is 6.20 Å². The molecule has 0 fully saturated rings. The maximum absolute atomic E-state index is 11.1. The highest BCUT2D eigenvalue weighted by Crippen LogP contribution is 1.87. The van der Waals surface area contributed by atoms with Crippen LogP contribution in [0.5, 0.6) is 0 Å². The van der Waals surface area contributed by atoms with E-state index in [4.69, 9.17) is 23.0 Å². The molecular formula is C7H17N7O. The SMILES string of the molecule is NN/C=C(\N)CCNC(=O)CN=C(N)N. The summed E-state index contributed by atoms with van der Waals surface area (Å²) in [7, 11) is 0. The lowest BCUT2D eigenvalue weighted by Crippen LogP contribution is -2.30. The molecule has 0 aromatic carbocycles. The Balaban J connectivity index is 3.64. The largest absolute Gasteiger partial charge is 0.401 e. The second-order valence-corrected chi connectivity index (χ2v) is 2.73. The van der Waals surface area contributed by atoms with Crippen LogP contribution in [0, 0.1) is 0 Å². The third-order valence-electron chi connectivity index (χ3n) is 1.41. The molecular weight excluding hydrogens is 198 g/mol. The molecule has 0 heterocycles. The minimum absolute atomic E-state index is 0.0823. The number of rotatable bonds is 6. The van der Waals surface area contributed by atoms with Crippen molar-refractivity contribution in [2.75, 3.05) is 13.1 Å². The van der Waals surface area contributed by atoms with Crippen LogP contribution in [-0.4, -0.2) is 25.0 Å². The number of hydrogen-bond donors (Lipinski definition) is 6. The maximum Gasteiger partial charge on any atom is 0.241 e. The number of carbonyl (C=O) groups excluding carboxylic acids is 1. The summed E-state index contributed by atoms with van der Waals surface area (Å²) in [4.78, 5) is 14.6. The number of hydrazine groups is 1. The summed E-state index contributed by atoms with van der Waals surface area (Å²) in [6, 6.07) is 0. The van der Waals surface area contributed by atoms with Crippen molar-refractivity contribution >= 4 is 11.9 Å². The second kappa shape index (κ2) is 7.44. The molecule has 0 spiro atoms. The molecule has 0 aromatic heterocycles. The molecule has 0 radical (unpaired) electrons. The van der Waals surface area contributed by atoms with Crippen molar-refractivity contribution in [2.45, 2.75) is 6.42 Å². The Labute approximate surface area is 87.7 Å². The van der Waals surface area contributed by atoms with Gasteiger partial charge in [-0.15, -0.1) is 0 Å². The van der Waals surface area contributed by atoms with Gasteiger partial charge in [0.05, 0.1) is 0 Å². The fourth-order valence-corrected chi connectivity index (χ4v) is 0.744. The van der Waals surface area contributed by atoms with Crippen molar-refractivity contribution in [2.24, 2.45) is 28.0 Å². The Morgan fingerprint density at radius 3 is 2.53 bits per heavy atom. The first-order chi connectivity index (χ1) is 7.06. The van der Waals surface area contributed by atoms with E-state index < -0.39 is 0 Å². The van der Waals surface area contributed by atoms with Crippen LogP contribution < -0.4 is 33.8 Å². The van der Waals surface area contributed by atoms with Crippen LogP contribution in [0.1, 0.15) is 6.42 Å². The molecule has 0 bridgehead atoms. The third-order valence-corrected chi connectivity index (χ3v) is 1.41. The molecule has 8 heteroatoms. The molecule has 86 valence electrons. The molecule has 0 aliphatic rings. The van der Waals surface area contributed by atoms with E-state index in [1.54, 1.807) is 0 Å². The number of nitrogens with two attached hydrogens (primary N) is 4. The number of carbonyl (C=O) groups is 1. The number of amides is 1. The summed E-state index contributed by atoms with van der Waals surface area (Å²) in [5, 5.41) is 2.58. The predicted octanol–water partition coefficient (Wildman–Crippen LogP) is -2.97. The predicted molar refractivity (Wildman–Crippen MR) is 57.9 cm³/mol. The van der Waals surface area contributed by atoms with Crippen LogP contribution in [0.15, 0.2) is 16.9 Å². The minimum atomic E-state index is -0.267.